The average Bonchev–Trinajstić information content (AvgIpc) is 3.24. The van der Waals surface area contributed by atoms with Crippen LogP contribution < -0.4 is 15.0 Å². The molecule has 0 fully saturated rings. The smallest absolute Gasteiger partial charge is 0.312 e. The number of thiazole rings is 1. The quantitative estimate of drug-likeness (QED) is 0.533. The highest BCUT2D eigenvalue weighted by Crippen LogP contribution is 2.29. The molecule has 0 unspecified atom stereocenters. The molecule has 170 valence electrons. The molecule has 3 aromatic rings. The molecule has 2 aromatic carbocycles. The number of benzene rings is 2. The molecular weight excluding hydrogens is 449 g/mol. The summed E-state index contributed by atoms with van der Waals surface area (Å²) in [6.07, 6.45) is -1.18. The fraction of sp³-hybridized carbons (Fsp3) is 0.217. The summed E-state index contributed by atoms with van der Waals surface area (Å²) in [6.45, 7) is 1.50. The highest BCUT2D eigenvalue weighted by molar-refractivity contribution is 7.09. The first kappa shape index (κ1) is 22.4. The lowest BCUT2D eigenvalue weighted by Crippen LogP contribution is -2.47. The third-order valence-corrected chi connectivity index (χ3v) is 5.66. The van der Waals surface area contributed by atoms with Gasteiger partial charge in [-0.1, -0.05) is 12.1 Å². The van der Waals surface area contributed by atoms with Crippen molar-refractivity contribution in [2.75, 3.05) is 16.8 Å². The van der Waals surface area contributed by atoms with Crippen molar-refractivity contribution in [3.05, 3.63) is 70.4 Å². The molecular formula is C23H20FN3O5S. The molecule has 1 aliphatic rings. The Hall–Kier alpha value is -3.79. The summed E-state index contributed by atoms with van der Waals surface area (Å²) in [5.41, 5.74) is 1.57. The van der Waals surface area contributed by atoms with Gasteiger partial charge in [-0.3, -0.25) is 19.3 Å². The number of esters is 1. The predicted molar refractivity (Wildman–Crippen MR) is 120 cm³/mol. The molecule has 1 N–H and O–H groups in total. The van der Waals surface area contributed by atoms with Gasteiger partial charge in [0.1, 0.15) is 29.7 Å². The van der Waals surface area contributed by atoms with Crippen LogP contribution in [0, 0.1) is 5.82 Å². The first-order valence-corrected chi connectivity index (χ1v) is 11.0. The lowest BCUT2D eigenvalue weighted by atomic mass is 10.1. The van der Waals surface area contributed by atoms with Crippen LogP contribution in [0.3, 0.4) is 0 Å². The van der Waals surface area contributed by atoms with E-state index >= 15 is 0 Å². The average molecular weight is 469 g/mol. The van der Waals surface area contributed by atoms with Gasteiger partial charge in [-0.05, 0) is 43.3 Å². The number of carbonyl (C=O) groups is 3. The van der Waals surface area contributed by atoms with Gasteiger partial charge in [0.15, 0.2) is 6.10 Å². The number of para-hydroxylation sites is 2. The summed E-state index contributed by atoms with van der Waals surface area (Å²) in [6, 6.07) is 12.6. The zero-order valence-corrected chi connectivity index (χ0v) is 18.4. The molecule has 1 atom stereocenters. The van der Waals surface area contributed by atoms with Crippen LogP contribution in [-0.4, -0.2) is 35.4 Å². The van der Waals surface area contributed by atoms with Crippen molar-refractivity contribution in [1.82, 2.24) is 4.98 Å². The van der Waals surface area contributed by atoms with E-state index in [9.17, 15) is 18.8 Å². The van der Waals surface area contributed by atoms with Crippen LogP contribution in [0.15, 0.2) is 53.9 Å². The Labute approximate surface area is 193 Å². The monoisotopic (exact) mass is 469 g/mol. The van der Waals surface area contributed by atoms with Gasteiger partial charge in [-0.2, -0.15) is 0 Å². The minimum atomic E-state index is -1.07. The summed E-state index contributed by atoms with van der Waals surface area (Å²) in [4.78, 5) is 42.8. The molecule has 10 heteroatoms. The lowest BCUT2D eigenvalue weighted by molar-refractivity contribution is -0.153. The lowest BCUT2D eigenvalue weighted by Gasteiger charge is -2.30. The van der Waals surface area contributed by atoms with E-state index in [0.29, 0.717) is 27.8 Å². The Kier molecular flexibility index (Phi) is 6.64. The van der Waals surface area contributed by atoms with E-state index in [4.69, 9.17) is 9.47 Å². The number of rotatable bonds is 7. The number of hydrogen-bond donors (Lipinski definition) is 1. The van der Waals surface area contributed by atoms with Crippen LogP contribution in [0.2, 0.25) is 0 Å². The summed E-state index contributed by atoms with van der Waals surface area (Å²) < 4.78 is 23.8. The van der Waals surface area contributed by atoms with Crippen molar-refractivity contribution < 1.29 is 28.2 Å². The predicted octanol–water partition coefficient (Wildman–Crippen LogP) is 3.32. The Morgan fingerprint density at radius 2 is 1.97 bits per heavy atom. The fourth-order valence-corrected chi connectivity index (χ4v) is 3.96. The van der Waals surface area contributed by atoms with Crippen molar-refractivity contribution in [2.24, 2.45) is 0 Å². The molecule has 0 aliphatic carbocycles. The van der Waals surface area contributed by atoms with Crippen LogP contribution in [0.1, 0.15) is 17.6 Å². The first-order chi connectivity index (χ1) is 15.9. The molecule has 1 aliphatic heterocycles. The number of carbonyl (C=O) groups excluding carboxylic acids is 3. The van der Waals surface area contributed by atoms with Gasteiger partial charge in [0.2, 0.25) is 5.91 Å². The van der Waals surface area contributed by atoms with Crippen LogP contribution in [0.25, 0.3) is 0 Å². The summed E-state index contributed by atoms with van der Waals surface area (Å²) >= 11 is 1.32. The second kappa shape index (κ2) is 9.78. The van der Waals surface area contributed by atoms with Gasteiger partial charge >= 0.3 is 5.97 Å². The van der Waals surface area contributed by atoms with Gasteiger partial charge in [-0.15, -0.1) is 11.3 Å². The van der Waals surface area contributed by atoms with Crippen molar-refractivity contribution in [3.8, 4) is 5.75 Å². The molecule has 33 heavy (non-hydrogen) atoms. The number of aromatic nitrogens is 1. The number of anilines is 2. The van der Waals surface area contributed by atoms with E-state index in [1.807, 2.05) is 0 Å². The minimum absolute atomic E-state index is 0.109. The largest absolute Gasteiger partial charge is 0.486 e. The Morgan fingerprint density at radius 1 is 1.21 bits per heavy atom. The van der Waals surface area contributed by atoms with Gasteiger partial charge < -0.3 is 14.8 Å². The molecule has 0 saturated carbocycles. The summed E-state index contributed by atoms with van der Waals surface area (Å²) in [5.74, 6) is -1.26. The van der Waals surface area contributed by atoms with E-state index < -0.39 is 18.0 Å². The second-order valence-electron chi connectivity index (χ2n) is 7.27. The maximum absolute atomic E-state index is 13.0. The number of nitrogens with one attached hydrogen (secondary N) is 1. The van der Waals surface area contributed by atoms with Crippen molar-refractivity contribution in [3.63, 3.8) is 0 Å². The second-order valence-corrected chi connectivity index (χ2v) is 8.22. The van der Waals surface area contributed by atoms with Crippen molar-refractivity contribution >= 4 is 40.5 Å². The third-order valence-electron chi connectivity index (χ3n) is 4.79. The minimum Gasteiger partial charge on any atom is -0.486 e. The third kappa shape index (κ3) is 5.53. The Morgan fingerprint density at radius 3 is 2.76 bits per heavy atom. The zero-order chi connectivity index (χ0) is 23.4. The SMILES string of the molecule is C[C@H](OC(=O)Cc1csc(COc2ccc(F)cc2)n1)C(=O)N1CC(=O)Nc2ccccc21. The fourth-order valence-electron chi connectivity index (χ4n) is 3.26. The van der Waals surface area contributed by atoms with Crippen LogP contribution >= 0.6 is 11.3 Å². The van der Waals surface area contributed by atoms with E-state index in [-0.39, 0.29) is 31.3 Å². The molecule has 4 rings (SSSR count). The van der Waals surface area contributed by atoms with E-state index in [1.54, 1.807) is 29.6 Å². The molecule has 2 amide bonds. The van der Waals surface area contributed by atoms with E-state index in [0.717, 1.165) is 0 Å². The molecule has 2 heterocycles. The maximum atomic E-state index is 13.0. The molecule has 0 radical (unpaired) electrons. The van der Waals surface area contributed by atoms with Crippen LogP contribution in [0.5, 0.6) is 5.75 Å². The normalized spacial score (nSPS) is 13.6. The van der Waals surface area contributed by atoms with Gasteiger partial charge in [0, 0.05) is 5.38 Å². The molecule has 0 spiro atoms. The number of halogens is 1. The van der Waals surface area contributed by atoms with E-state index in [1.165, 1.54) is 47.4 Å². The van der Waals surface area contributed by atoms with Gasteiger partial charge in [-0.25, -0.2) is 9.37 Å². The molecule has 1 aromatic heterocycles. The van der Waals surface area contributed by atoms with Crippen molar-refractivity contribution in [2.45, 2.75) is 26.1 Å². The number of ether oxygens (including phenoxy) is 2. The van der Waals surface area contributed by atoms with Crippen molar-refractivity contribution in [1.29, 1.82) is 0 Å². The topological polar surface area (TPSA) is 97.8 Å². The maximum Gasteiger partial charge on any atom is 0.312 e. The molecule has 0 saturated heterocycles. The Bertz CT molecular complexity index is 1180. The first-order valence-electron chi connectivity index (χ1n) is 10.1. The highest BCUT2D eigenvalue weighted by Gasteiger charge is 2.31. The van der Waals surface area contributed by atoms with Gasteiger partial charge in [0.25, 0.3) is 5.91 Å². The zero-order valence-electron chi connectivity index (χ0n) is 17.6. The van der Waals surface area contributed by atoms with E-state index in [2.05, 4.69) is 10.3 Å². The number of hydrogen-bond acceptors (Lipinski definition) is 7. The molecule has 0 bridgehead atoms. The summed E-state index contributed by atoms with van der Waals surface area (Å²) in [5, 5.41) is 5.06. The van der Waals surface area contributed by atoms with Gasteiger partial charge in [0.05, 0.1) is 23.5 Å². The standard InChI is InChI=1S/C23H20FN3O5S/c1-14(23(30)27-11-20(28)26-18-4-2-3-5-19(18)27)32-22(29)10-16-13-33-21(25-16)12-31-17-8-6-15(24)7-9-17/h2-9,13-14H,10-12H2,1H3,(H,26,28)/t14-/m0/s1. The van der Waals surface area contributed by atoms with Crippen LogP contribution in [-0.2, 0) is 32.1 Å². The highest BCUT2D eigenvalue weighted by atomic mass is 32.1. The number of nitrogens with zero attached hydrogens (tertiary/aromatic N) is 2. The summed E-state index contributed by atoms with van der Waals surface area (Å²) in [7, 11) is 0. The number of fused-ring (bicyclic) bond motifs is 1. The molecule has 8 nitrogen and oxygen atoms in total. The van der Waals surface area contributed by atoms with Crippen LogP contribution in [0.4, 0.5) is 15.8 Å². The Balaban J connectivity index is 1.31. The number of amides is 2.